The van der Waals surface area contributed by atoms with Gasteiger partial charge >= 0.3 is 0 Å². The average Bonchev–Trinajstić information content (AvgIpc) is 2.03. The predicted molar refractivity (Wildman–Crippen MR) is 39.9 cm³/mol. The summed E-state index contributed by atoms with van der Waals surface area (Å²) in [7, 11) is 0. The van der Waals surface area contributed by atoms with E-state index in [1.54, 1.807) is 6.21 Å². The van der Waals surface area contributed by atoms with E-state index in [4.69, 9.17) is 10.5 Å². The molecule has 1 heterocycles. The van der Waals surface area contributed by atoms with Crippen LogP contribution in [0.4, 0.5) is 0 Å². The van der Waals surface area contributed by atoms with E-state index in [0.29, 0.717) is 6.54 Å². The molecule has 1 fully saturated rings. The monoisotopic (exact) mass is 143 g/mol. The van der Waals surface area contributed by atoms with Gasteiger partial charge in [-0.3, -0.25) is 5.01 Å². The number of hydrogen-bond acceptors (Lipinski definition) is 4. The van der Waals surface area contributed by atoms with E-state index < -0.39 is 0 Å². The summed E-state index contributed by atoms with van der Waals surface area (Å²) in [6.07, 6.45) is 1.71. The van der Waals surface area contributed by atoms with E-state index in [9.17, 15) is 0 Å². The van der Waals surface area contributed by atoms with Gasteiger partial charge in [0.05, 0.1) is 26.3 Å². The molecule has 1 aliphatic rings. The zero-order valence-corrected chi connectivity index (χ0v) is 5.99. The lowest BCUT2D eigenvalue weighted by atomic mass is 10.5. The van der Waals surface area contributed by atoms with Crippen LogP contribution in [0.3, 0.4) is 0 Å². The molecule has 0 spiro atoms. The number of nitrogens with two attached hydrogens (primary N) is 1. The lowest BCUT2D eigenvalue weighted by molar-refractivity contribution is 0.0396. The minimum Gasteiger partial charge on any atom is -0.378 e. The molecule has 0 aromatic rings. The van der Waals surface area contributed by atoms with Crippen molar-refractivity contribution in [2.24, 2.45) is 10.8 Å². The Morgan fingerprint density at radius 1 is 1.50 bits per heavy atom. The number of rotatable bonds is 2. The third-order valence-corrected chi connectivity index (χ3v) is 1.34. The van der Waals surface area contributed by atoms with E-state index >= 15 is 0 Å². The topological polar surface area (TPSA) is 50.8 Å². The maximum absolute atomic E-state index is 5.24. The maximum atomic E-state index is 5.24. The molecule has 4 nitrogen and oxygen atoms in total. The fourth-order valence-electron chi connectivity index (χ4n) is 0.832. The molecule has 0 aromatic heterocycles. The quantitative estimate of drug-likeness (QED) is 0.518. The van der Waals surface area contributed by atoms with Crippen molar-refractivity contribution in [1.82, 2.24) is 5.01 Å². The van der Waals surface area contributed by atoms with E-state index in [2.05, 4.69) is 5.10 Å². The van der Waals surface area contributed by atoms with Gasteiger partial charge < -0.3 is 10.5 Å². The van der Waals surface area contributed by atoms with Gasteiger partial charge in [0.2, 0.25) is 0 Å². The van der Waals surface area contributed by atoms with E-state index in [1.807, 2.05) is 5.01 Å². The van der Waals surface area contributed by atoms with Crippen molar-refractivity contribution in [2.75, 3.05) is 32.8 Å². The highest BCUT2D eigenvalue weighted by molar-refractivity contribution is 5.58. The van der Waals surface area contributed by atoms with Crippen LogP contribution in [0.15, 0.2) is 5.10 Å². The van der Waals surface area contributed by atoms with Gasteiger partial charge in [-0.05, 0) is 0 Å². The van der Waals surface area contributed by atoms with Crippen LogP contribution >= 0.6 is 0 Å². The summed E-state index contributed by atoms with van der Waals surface area (Å²) < 4.78 is 5.13. The minimum absolute atomic E-state index is 0.511. The second kappa shape index (κ2) is 4.24. The van der Waals surface area contributed by atoms with Gasteiger partial charge in [0.1, 0.15) is 0 Å². The summed E-state index contributed by atoms with van der Waals surface area (Å²) in [5.74, 6) is 0. The standard InChI is InChI=1S/C6H13N3O/c7-1-2-8-9-3-5-10-6-4-9/h2H,1,3-7H2. The van der Waals surface area contributed by atoms with E-state index in [0.717, 1.165) is 26.3 Å². The fraction of sp³-hybridized carbons (Fsp3) is 0.833. The second-order valence-corrected chi connectivity index (χ2v) is 2.10. The molecule has 0 aromatic carbocycles. The molecule has 1 rings (SSSR count). The largest absolute Gasteiger partial charge is 0.378 e. The Kier molecular flexibility index (Phi) is 3.18. The zero-order valence-electron chi connectivity index (χ0n) is 5.99. The Labute approximate surface area is 60.6 Å². The lowest BCUT2D eigenvalue weighted by Crippen LogP contribution is -2.32. The van der Waals surface area contributed by atoms with Crippen LogP contribution in [0.25, 0.3) is 0 Å². The first-order valence-electron chi connectivity index (χ1n) is 3.48. The molecule has 0 bridgehead atoms. The van der Waals surface area contributed by atoms with Crippen LogP contribution in [-0.2, 0) is 4.74 Å². The summed E-state index contributed by atoms with van der Waals surface area (Å²) in [5.41, 5.74) is 5.24. The van der Waals surface area contributed by atoms with Crippen molar-refractivity contribution in [3.05, 3.63) is 0 Å². The van der Waals surface area contributed by atoms with Crippen molar-refractivity contribution in [1.29, 1.82) is 0 Å². The highest BCUT2D eigenvalue weighted by Gasteiger charge is 2.05. The normalized spacial score (nSPS) is 20.3. The van der Waals surface area contributed by atoms with Crippen molar-refractivity contribution < 1.29 is 4.74 Å². The highest BCUT2D eigenvalue weighted by atomic mass is 16.5. The van der Waals surface area contributed by atoms with Gasteiger partial charge in [0, 0.05) is 12.8 Å². The Morgan fingerprint density at radius 2 is 2.20 bits per heavy atom. The van der Waals surface area contributed by atoms with Crippen molar-refractivity contribution in [3.63, 3.8) is 0 Å². The van der Waals surface area contributed by atoms with Gasteiger partial charge in [-0.25, -0.2) is 0 Å². The maximum Gasteiger partial charge on any atom is 0.0659 e. The van der Waals surface area contributed by atoms with Gasteiger partial charge in [-0.15, -0.1) is 0 Å². The van der Waals surface area contributed by atoms with Crippen LogP contribution < -0.4 is 5.73 Å². The summed E-state index contributed by atoms with van der Waals surface area (Å²) in [6, 6.07) is 0. The molecule has 58 valence electrons. The van der Waals surface area contributed by atoms with Gasteiger partial charge in [-0.2, -0.15) is 5.10 Å². The van der Waals surface area contributed by atoms with Crippen LogP contribution in [0, 0.1) is 0 Å². The first kappa shape index (κ1) is 7.50. The summed E-state index contributed by atoms with van der Waals surface area (Å²) in [6.45, 7) is 3.84. The van der Waals surface area contributed by atoms with Crippen molar-refractivity contribution in [3.8, 4) is 0 Å². The highest BCUT2D eigenvalue weighted by Crippen LogP contribution is 1.94. The minimum atomic E-state index is 0.511. The second-order valence-electron chi connectivity index (χ2n) is 2.10. The van der Waals surface area contributed by atoms with Crippen LogP contribution in [0.5, 0.6) is 0 Å². The van der Waals surface area contributed by atoms with Gasteiger partial charge in [0.15, 0.2) is 0 Å². The Morgan fingerprint density at radius 3 is 2.80 bits per heavy atom. The first-order valence-corrected chi connectivity index (χ1v) is 3.48. The molecule has 0 atom stereocenters. The Hall–Kier alpha value is -0.610. The fourth-order valence-corrected chi connectivity index (χ4v) is 0.832. The molecule has 1 aliphatic heterocycles. The number of hydrazone groups is 1. The third kappa shape index (κ3) is 2.33. The van der Waals surface area contributed by atoms with E-state index in [1.165, 1.54) is 0 Å². The van der Waals surface area contributed by atoms with Crippen LogP contribution in [0.1, 0.15) is 0 Å². The molecule has 4 heteroatoms. The molecule has 0 unspecified atom stereocenters. The Bertz CT molecular complexity index is 110. The Balaban J connectivity index is 2.19. The predicted octanol–water partition coefficient (Wildman–Crippen LogP) is -0.737. The summed E-state index contributed by atoms with van der Waals surface area (Å²) >= 11 is 0. The van der Waals surface area contributed by atoms with Crippen molar-refractivity contribution in [2.45, 2.75) is 0 Å². The molecule has 0 saturated carbocycles. The van der Waals surface area contributed by atoms with Gasteiger partial charge in [0.25, 0.3) is 0 Å². The molecule has 2 N–H and O–H groups in total. The molecule has 0 radical (unpaired) electrons. The summed E-state index contributed by atoms with van der Waals surface area (Å²) in [5, 5.41) is 6.07. The molecule has 10 heavy (non-hydrogen) atoms. The third-order valence-electron chi connectivity index (χ3n) is 1.34. The van der Waals surface area contributed by atoms with E-state index in [-0.39, 0.29) is 0 Å². The smallest absolute Gasteiger partial charge is 0.0659 e. The molecule has 0 amide bonds. The first-order chi connectivity index (χ1) is 4.93. The number of nitrogens with zero attached hydrogens (tertiary/aromatic N) is 2. The van der Waals surface area contributed by atoms with Crippen LogP contribution in [0.2, 0.25) is 0 Å². The van der Waals surface area contributed by atoms with Crippen LogP contribution in [-0.4, -0.2) is 44.1 Å². The average molecular weight is 143 g/mol. The molecular formula is C6H13N3O. The number of hydrogen-bond donors (Lipinski definition) is 1. The lowest BCUT2D eigenvalue weighted by Gasteiger charge is -2.23. The van der Waals surface area contributed by atoms with Crippen molar-refractivity contribution >= 4 is 6.21 Å². The SMILES string of the molecule is NCC=NN1CCOCC1. The molecule has 0 aliphatic carbocycles. The summed E-state index contributed by atoms with van der Waals surface area (Å²) in [4.78, 5) is 0. The molecular weight excluding hydrogens is 130 g/mol. The number of morpholine rings is 1. The van der Waals surface area contributed by atoms with Gasteiger partial charge in [-0.1, -0.05) is 0 Å². The zero-order chi connectivity index (χ0) is 7.23. The number of ether oxygens (including phenoxy) is 1. The molecule has 1 saturated heterocycles.